The molecular weight excluding hydrogens is 657 g/mol. The first-order valence-electron chi connectivity index (χ1n) is 17.6. The van der Waals surface area contributed by atoms with Crippen LogP contribution in [0.2, 0.25) is 18.1 Å². The molecule has 284 valence electrons. The van der Waals surface area contributed by atoms with Gasteiger partial charge in [0.2, 0.25) is 0 Å². The van der Waals surface area contributed by atoms with Gasteiger partial charge >= 0.3 is 0 Å². The van der Waals surface area contributed by atoms with Crippen molar-refractivity contribution in [2.75, 3.05) is 41.3 Å². The highest BCUT2D eigenvalue weighted by atomic mass is 28.4. The number of aliphatic hydroxyl groups is 2. The van der Waals surface area contributed by atoms with Crippen molar-refractivity contribution < 1.29 is 47.9 Å². The number of aliphatic hydroxyl groups excluding tert-OH is 2. The van der Waals surface area contributed by atoms with Crippen LogP contribution < -0.4 is 0 Å². The van der Waals surface area contributed by atoms with Crippen LogP contribution in [0.3, 0.4) is 0 Å². The number of benzene rings is 2. The minimum atomic E-state index is -2.33. The van der Waals surface area contributed by atoms with E-state index in [9.17, 15) is 15.0 Å². The number of carbonyl (C=O) groups is 1. The summed E-state index contributed by atoms with van der Waals surface area (Å²) in [4.78, 5) is 14.0. The highest BCUT2D eigenvalue weighted by Gasteiger charge is 2.44. The van der Waals surface area contributed by atoms with E-state index in [0.717, 1.165) is 11.1 Å². The highest BCUT2D eigenvalue weighted by Crippen LogP contribution is 2.39. The fourth-order valence-corrected chi connectivity index (χ4v) is 6.90. The van der Waals surface area contributed by atoms with Crippen molar-refractivity contribution >= 4 is 14.1 Å². The van der Waals surface area contributed by atoms with E-state index in [1.807, 2.05) is 67.6 Å². The van der Waals surface area contributed by atoms with Crippen LogP contribution in [-0.4, -0.2) is 102 Å². The number of hydrogen-bond acceptors (Lipinski definition) is 10. The SMILES string of the molecule is COCO[C@@H](C(=O)[C@H](C)[C@@H](O)[C@@H](C)[C@@H](C[C@H](COC)OCc1ccccc1)O[Si](C)(C)C(C)(C)C)[C@@H](O)C[C@@H](COCc1ccccc1)OC. The molecule has 0 aliphatic heterocycles. The van der Waals surface area contributed by atoms with E-state index in [-0.39, 0.29) is 31.0 Å². The Labute approximate surface area is 301 Å². The average molecular weight is 721 g/mol. The molecule has 11 heteroatoms. The van der Waals surface area contributed by atoms with E-state index < -0.39 is 56.5 Å². The van der Waals surface area contributed by atoms with Gasteiger partial charge < -0.3 is 43.1 Å². The summed E-state index contributed by atoms with van der Waals surface area (Å²) in [5.41, 5.74) is 2.06. The highest BCUT2D eigenvalue weighted by molar-refractivity contribution is 6.74. The Morgan fingerprint density at radius 2 is 1.36 bits per heavy atom. The number of Topliss-reactive ketones (excluding diaryl/α,β-unsaturated/α-hetero) is 1. The number of carbonyl (C=O) groups excluding carboxylic acids is 1. The zero-order chi connectivity index (χ0) is 37.3. The molecule has 0 saturated heterocycles. The maximum absolute atomic E-state index is 14.0. The summed E-state index contributed by atoms with van der Waals surface area (Å²) < 4.78 is 41.1. The maximum Gasteiger partial charge on any atom is 0.192 e. The van der Waals surface area contributed by atoms with Crippen LogP contribution in [0.1, 0.15) is 58.6 Å². The van der Waals surface area contributed by atoms with Gasteiger partial charge in [-0.25, -0.2) is 0 Å². The molecule has 2 rings (SSSR count). The van der Waals surface area contributed by atoms with Gasteiger partial charge in [-0.05, 0) is 29.3 Å². The number of methoxy groups -OCH3 is 3. The number of rotatable bonds is 25. The lowest BCUT2D eigenvalue weighted by molar-refractivity contribution is -0.163. The molecule has 0 heterocycles. The van der Waals surface area contributed by atoms with Crippen LogP contribution in [-0.2, 0) is 50.9 Å². The topological polar surface area (TPSA) is 122 Å². The Balaban J connectivity index is 2.22. The Morgan fingerprint density at radius 3 is 1.88 bits per heavy atom. The summed E-state index contributed by atoms with van der Waals surface area (Å²) in [6.45, 7) is 15.6. The number of hydrogen-bond donors (Lipinski definition) is 2. The maximum atomic E-state index is 14.0. The van der Waals surface area contributed by atoms with Gasteiger partial charge in [0.25, 0.3) is 0 Å². The van der Waals surface area contributed by atoms with Crippen molar-refractivity contribution in [3.63, 3.8) is 0 Å². The number of ketones is 1. The summed E-state index contributed by atoms with van der Waals surface area (Å²) in [5, 5.41) is 23.0. The van der Waals surface area contributed by atoms with Gasteiger partial charge in [-0.1, -0.05) is 95.3 Å². The quantitative estimate of drug-likeness (QED) is 0.0910. The zero-order valence-corrected chi connectivity index (χ0v) is 33.0. The van der Waals surface area contributed by atoms with Gasteiger partial charge in [-0.2, -0.15) is 0 Å². The molecule has 0 aliphatic carbocycles. The second kappa shape index (κ2) is 22.1. The third-order valence-electron chi connectivity index (χ3n) is 9.76. The molecule has 8 atom stereocenters. The smallest absolute Gasteiger partial charge is 0.192 e. The standard InChI is InChI=1S/C39H64O10Si/c1-28(35(49-50(9,10)39(3,4)5)22-33(25-43-6)47-24-31-19-15-12-16-20-31)36(41)29(2)37(42)38(48-27-44-7)34(40)21-32(45-8)26-46-23-30-17-13-11-14-18-30/h11-20,28-29,32-36,38,40-41H,21-27H2,1-10H3/t28-,29+,32-,33+,34-,35+,36-,38+/m0/s1. The van der Waals surface area contributed by atoms with Crippen molar-refractivity contribution in [1.82, 2.24) is 0 Å². The van der Waals surface area contributed by atoms with Gasteiger partial charge in [-0.3, -0.25) is 4.79 Å². The molecule has 0 spiro atoms. The lowest BCUT2D eigenvalue weighted by atomic mass is 9.82. The van der Waals surface area contributed by atoms with Crippen LogP contribution in [0.25, 0.3) is 0 Å². The molecule has 0 fully saturated rings. The van der Waals surface area contributed by atoms with Gasteiger partial charge in [0.05, 0.1) is 56.9 Å². The van der Waals surface area contributed by atoms with Crippen LogP contribution >= 0.6 is 0 Å². The molecule has 2 aromatic rings. The first-order valence-corrected chi connectivity index (χ1v) is 20.5. The number of ether oxygens (including phenoxy) is 6. The van der Waals surface area contributed by atoms with E-state index in [1.165, 1.54) is 14.2 Å². The zero-order valence-electron chi connectivity index (χ0n) is 32.0. The fourth-order valence-electron chi connectivity index (χ4n) is 5.48. The van der Waals surface area contributed by atoms with E-state index in [0.29, 0.717) is 26.2 Å². The monoisotopic (exact) mass is 720 g/mol. The normalized spacial score (nSPS) is 17.4. The van der Waals surface area contributed by atoms with Crippen molar-refractivity contribution in [3.05, 3.63) is 71.8 Å². The summed E-state index contributed by atoms with van der Waals surface area (Å²) in [6.07, 6.45) is -4.31. The summed E-state index contributed by atoms with van der Waals surface area (Å²) >= 11 is 0. The second-order valence-electron chi connectivity index (χ2n) is 14.7. The first kappa shape index (κ1) is 44.1. The largest absolute Gasteiger partial charge is 0.413 e. The van der Waals surface area contributed by atoms with Crippen LogP contribution in [0.15, 0.2) is 60.7 Å². The molecule has 0 bridgehead atoms. The Kier molecular flexibility index (Phi) is 19.5. The molecule has 2 aromatic carbocycles. The van der Waals surface area contributed by atoms with Crippen LogP contribution in [0.5, 0.6) is 0 Å². The van der Waals surface area contributed by atoms with Crippen molar-refractivity contribution in [1.29, 1.82) is 0 Å². The van der Waals surface area contributed by atoms with Crippen LogP contribution in [0, 0.1) is 11.8 Å². The summed E-state index contributed by atoms with van der Waals surface area (Å²) in [6, 6.07) is 19.7. The predicted octanol–water partition coefficient (Wildman–Crippen LogP) is 6.17. The van der Waals surface area contributed by atoms with Gasteiger partial charge in [0.1, 0.15) is 12.9 Å². The fraction of sp³-hybridized carbons (Fsp3) is 0.667. The summed E-state index contributed by atoms with van der Waals surface area (Å²) in [5.74, 6) is -1.80. The van der Waals surface area contributed by atoms with Crippen molar-refractivity contribution in [3.8, 4) is 0 Å². The molecule has 0 saturated carbocycles. The molecule has 10 nitrogen and oxygen atoms in total. The van der Waals surface area contributed by atoms with Gasteiger partial charge in [0.15, 0.2) is 14.1 Å². The minimum Gasteiger partial charge on any atom is -0.413 e. The van der Waals surface area contributed by atoms with E-state index in [2.05, 4.69) is 33.9 Å². The third-order valence-corrected chi connectivity index (χ3v) is 14.3. The van der Waals surface area contributed by atoms with Crippen molar-refractivity contribution in [2.45, 2.75) is 115 Å². The molecule has 2 N–H and O–H groups in total. The lowest BCUT2D eigenvalue weighted by Gasteiger charge is -2.43. The molecule has 0 unspecified atom stereocenters. The van der Waals surface area contributed by atoms with Crippen molar-refractivity contribution in [2.24, 2.45) is 11.8 Å². The predicted molar refractivity (Wildman–Crippen MR) is 197 cm³/mol. The molecule has 0 radical (unpaired) electrons. The van der Waals surface area contributed by atoms with E-state index >= 15 is 0 Å². The first-order chi connectivity index (χ1) is 23.6. The molecule has 0 aromatic heterocycles. The molecule has 50 heavy (non-hydrogen) atoms. The third kappa shape index (κ3) is 14.5. The summed E-state index contributed by atoms with van der Waals surface area (Å²) in [7, 11) is 2.29. The van der Waals surface area contributed by atoms with Crippen LogP contribution in [0.4, 0.5) is 0 Å². The van der Waals surface area contributed by atoms with Gasteiger partial charge in [-0.15, -0.1) is 0 Å². The molecule has 0 amide bonds. The Bertz CT molecular complexity index is 1190. The van der Waals surface area contributed by atoms with Gasteiger partial charge in [0, 0.05) is 46.0 Å². The van der Waals surface area contributed by atoms with E-state index in [4.69, 9.17) is 32.8 Å². The Morgan fingerprint density at radius 1 is 0.780 bits per heavy atom. The average Bonchev–Trinajstić information content (AvgIpc) is 3.09. The van der Waals surface area contributed by atoms with E-state index in [1.54, 1.807) is 14.0 Å². The molecular formula is C39H64O10Si. The lowest BCUT2D eigenvalue weighted by Crippen LogP contribution is -2.51. The second-order valence-corrected chi connectivity index (χ2v) is 19.5. The minimum absolute atomic E-state index is 0.0817. The Hall–Kier alpha value is -2.03. The molecule has 0 aliphatic rings.